The molecule has 23 heavy (non-hydrogen) atoms. The zero-order chi connectivity index (χ0) is 17.0. The number of carboxylic acid groups (broad SMARTS) is 1. The Bertz CT molecular complexity index is 587. The van der Waals surface area contributed by atoms with Crippen LogP contribution in [0.25, 0.3) is 0 Å². The van der Waals surface area contributed by atoms with Crippen LogP contribution < -0.4 is 5.32 Å². The van der Waals surface area contributed by atoms with Crippen molar-refractivity contribution in [2.75, 3.05) is 20.1 Å². The molecule has 0 bridgehead atoms. The summed E-state index contributed by atoms with van der Waals surface area (Å²) < 4.78 is 1.04. The van der Waals surface area contributed by atoms with Crippen molar-refractivity contribution >= 4 is 27.9 Å². The van der Waals surface area contributed by atoms with E-state index < -0.39 is 11.9 Å². The Morgan fingerprint density at radius 3 is 2.65 bits per heavy atom. The number of benzene rings is 1. The number of nitrogens with zero attached hydrogens (tertiary/aromatic N) is 1. The second kappa shape index (κ2) is 7.34. The van der Waals surface area contributed by atoms with Crippen LogP contribution in [0.1, 0.15) is 31.7 Å². The fourth-order valence-electron chi connectivity index (χ4n) is 2.94. The first-order valence-corrected chi connectivity index (χ1v) is 8.61. The number of amides is 2. The molecule has 0 aliphatic heterocycles. The molecule has 1 aromatic rings. The monoisotopic (exact) mass is 382 g/mol. The summed E-state index contributed by atoms with van der Waals surface area (Å²) in [6, 6.07) is 8.00. The van der Waals surface area contributed by atoms with Gasteiger partial charge in [-0.05, 0) is 30.5 Å². The lowest BCUT2D eigenvalue weighted by atomic mass is 9.64. The minimum absolute atomic E-state index is 0.00130. The van der Waals surface area contributed by atoms with Gasteiger partial charge in [-0.25, -0.2) is 4.79 Å². The number of hydrogen-bond donors (Lipinski definition) is 2. The average molecular weight is 383 g/mol. The number of rotatable bonds is 6. The number of aliphatic carboxylic acids is 1. The molecular formula is C17H23BrN2O3. The van der Waals surface area contributed by atoms with E-state index in [4.69, 9.17) is 5.11 Å². The van der Waals surface area contributed by atoms with Crippen LogP contribution >= 0.6 is 15.9 Å². The molecule has 0 spiro atoms. The van der Waals surface area contributed by atoms with E-state index in [0.717, 1.165) is 23.7 Å². The Morgan fingerprint density at radius 1 is 1.43 bits per heavy atom. The van der Waals surface area contributed by atoms with Gasteiger partial charge >= 0.3 is 12.0 Å². The molecule has 1 saturated carbocycles. The van der Waals surface area contributed by atoms with Crippen molar-refractivity contribution in [3.05, 3.63) is 34.3 Å². The highest BCUT2D eigenvalue weighted by molar-refractivity contribution is 9.10. The van der Waals surface area contributed by atoms with Crippen LogP contribution in [0.5, 0.6) is 0 Å². The number of carboxylic acids is 1. The van der Waals surface area contributed by atoms with E-state index in [1.165, 1.54) is 10.5 Å². The Morgan fingerprint density at radius 2 is 2.13 bits per heavy atom. The number of hydrogen-bond acceptors (Lipinski definition) is 2. The first-order valence-electron chi connectivity index (χ1n) is 7.82. The van der Waals surface area contributed by atoms with Crippen LogP contribution in [-0.2, 0) is 10.2 Å². The minimum Gasteiger partial charge on any atom is -0.481 e. The maximum absolute atomic E-state index is 12.2. The van der Waals surface area contributed by atoms with Crippen LogP contribution in [-0.4, -0.2) is 42.1 Å². The lowest BCUT2D eigenvalue weighted by molar-refractivity contribution is -0.141. The highest BCUT2D eigenvalue weighted by Gasteiger charge is 2.39. The van der Waals surface area contributed by atoms with Gasteiger partial charge in [0.2, 0.25) is 0 Å². The molecule has 2 rings (SSSR count). The van der Waals surface area contributed by atoms with Crippen molar-refractivity contribution in [1.29, 1.82) is 0 Å². The first-order chi connectivity index (χ1) is 10.8. The van der Waals surface area contributed by atoms with Crippen LogP contribution in [0.2, 0.25) is 0 Å². The Labute approximate surface area is 145 Å². The van der Waals surface area contributed by atoms with Gasteiger partial charge in [0, 0.05) is 30.0 Å². The largest absolute Gasteiger partial charge is 0.481 e. The fourth-order valence-corrected chi connectivity index (χ4v) is 3.34. The van der Waals surface area contributed by atoms with Crippen molar-refractivity contribution in [1.82, 2.24) is 10.2 Å². The molecule has 1 atom stereocenters. The standard InChI is InChI=1S/C17H23BrN2O3/c1-12(15(21)22)10-20(2)16(23)19-11-17(7-4-8-17)13-5-3-6-14(18)9-13/h3,5-6,9,12H,4,7-8,10-11H2,1-2H3,(H,19,23)(H,21,22). The van der Waals surface area contributed by atoms with E-state index in [0.29, 0.717) is 6.54 Å². The highest BCUT2D eigenvalue weighted by Crippen LogP contribution is 2.43. The van der Waals surface area contributed by atoms with Crippen LogP contribution in [0, 0.1) is 5.92 Å². The van der Waals surface area contributed by atoms with Gasteiger partial charge in [0.25, 0.3) is 0 Å². The molecule has 0 heterocycles. The highest BCUT2D eigenvalue weighted by atomic mass is 79.9. The molecule has 1 unspecified atom stereocenters. The normalized spacial score (nSPS) is 17.0. The second-order valence-electron chi connectivity index (χ2n) is 6.42. The molecule has 0 saturated heterocycles. The summed E-state index contributed by atoms with van der Waals surface area (Å²) in [7, 11) is 1.63. The average Bonchev–Trinajstić information content (AvgIpc) is 2.45. The van der Waals surface area contributed by atoms with Gasteiger partial charge in [-0.1, -0.05) is 41.4 Å². The third-order valence-electron chi connectivity index (χ3n) is 4.64. The maximum atomic E-state index is 12.2. The SMILES string of the molecule is CC(CN(C)C(=O)NCC1(c2cccc(Br)c2)CCC1)C(=O)O. The van der Waals surface area contributed by atoms with Gasteiger partial charge in [0.15, 0.2) is 0 Å². The van der Waals surface area contributed by atoms with Crippen LogP contribution in [0.4, 0.5) is 4.79 Å². The molecule has 1 aliphatic carbocycles. The van der Waals surface area contributed by atoms with Crippen LogP contribution in [0.3, 0.4) is 0 Å². The molecule has 2 N–H and O–H groups in total. The van der Waals surface area contributed by atoms with Gasteiger partial charge in [-0.3, -0.25) is 4.79 Å². The Kier molecular flexibility index (Phi) is 5.68. The Balaban J connectivity index is 1.95. The number of halogens is 1. The molecule has 126 valence electrons. The van der Waals surface area contributed by atoms with E-state index in [1.807, 2.05) is 12.1 Å². The summed E-state index contributed by atoms with van der Waals surface area (Å²) >= 11 is 3.50. The molecule has 1 fully saturated rings. The lowest BCUT2D eigenvalue weighted by Gasteiger charge is -2.43. The predicted octanol–water partition coefficient (Wildman–Crippen LogP) is 3.23. The topological polar surface area (TPSA) is 69.6 Å². The molecule has 0 aromatic heterocycles. The molecule has 5 nitrogen and oxygen atoms in total. The number of carbonyl (C=O) groups excluding carboxylic acids is 1. The lowest BCUT2D eigenvalue weighted by Crippen LogP contribution is -2.49. The smallest absolute Gasteiger partial charge is 0.317 e. The van der Waals surface area contributed by atoms with Gasteiger partial charge in [0.1, 0.15) is 0 Å². The molecule has 1 aliphatic rings. The zero-order valence-electron chi connectivity index (χ0n) is 13.5. The number of nitrogens with one attached hydrogen (secondary N) is 1. The summed E-state index contributed by atoms with van der Waals surface area (Å²) in [6.45, 7) is 2.38. The zero-order valence-corrected chi connectivity index (χ0v) is 15.1. The molecule has 1 aromatic carbocycles. The van der Waals surface area contributed by atoms with E-state index in [2.05, 4.69) is 33.4 Å². The molecular weight excluding hydrogens is 360 g/mol. The van der Waals surface area contributed by atoms with E-state index in [1.54, 1.807) is 14.0 Å². The third-order valence-corrected chi connectivity index (χ3v) is 5.13. The van der Waals surface area contributed by atoms with Crippen molar-refractivity contribution in [2.24, 2.45) is 5.92 Å². The van der Waals surface area contributed by atoms with Crippen LogP contribution in [0.15, 0.2) is 28.7 Å². The van der Waals surface area contributed by atoms with Crippen molar-refractivity contribution < 1.29 is 14.7 Å². The van der Waals surface area contributed by atoms with Crippen molar-refractivity contribution in [3.8, 4) is 0 Å². The summed E-state index contributed by atoms with van der Waals surface area (Å²) in [4.78, 5) is 24.5. The minimum atomic E-state index is -0.894. The third kappa shape index (κ3) is 4.25. The van der Waals surface area contributed by atoms with Gasteiger partial charge in [-0.15, -0.1) is 0 Å². The van der Waals surface area contributed by atoms with E-state index in [-0.39, 0.29) is 18.0 Å². The predicted molar refractivity (Wildman–Crippen MR) is 92.5 cm³/mol. The van der Waals surface area contributed by atoms with E-state index in [9.17, 15) is 9.59 Å². The summed E-state index contributed by atoms with van der Waals surface area (Å²) in [5.41, 5.74) is 1.23. The molecule has 6 heteroatoms. The van der Waals surface area contributed by atoms with Gasteiger partial charge < -0.3 is 15.3 Å². The second-order valence-corrected chi connectivity index (χ2v) is 7.34. The molecule has 2 amide bonds. The van der Waals surface area contributed by atoms with Gasteiger partial charge in [-0.2, -0.15) is 0 Å². The maximum Gasteiger partial charge on any atom is 0.317 e. The fraction of sp³-hybridized carbons (Fsp3) is 0.529. The summed E-state index contributed by atoms with van der Waals surface area (Å²) in [5.74, 6) is -1.47. The summed E-state index contributed by atoms with van der Waals surface area (Å²) in [5, 5.41) is 11.9. The molecule has 0 radical (unpaired) electrons. The Hall–Kier alpha value is -1.56. The van der Waals surface area contributed by atoms with Crippen molar-refractivity contribution in [2.45, 2.75) is 31.6 Å². The van der Waals surface area contributed by atoms with E-state index >= 15 is 0 Å². The quantitative estimate of drug-likeness (QED) is 0.793. The first kappa shape index (κ1) is 17.8. The number of carbonyl (C=O) groups is 2. The summed E-state index contributed by atoms with van der Waals surface area (Å²) in [6.07, 6.45) is 3.27. The van der Waals surface area contributed by atoms with Gasteiger partial charge in [0.05, 0.1) is 5.92 Å². The van der Waals surface area contributed by atoms with Crippen molar-refractivity contribution in [3.63, 3.8) is 0 Å². The number of urea groups is 1.